The van der Waals surface area contributed by atoms with E-state index in [-0.39, 0.29) is 47.0 Å². The van der Waals surface area contributed by atoms with Gasteiger partial charge in [0.25, 0.3) is 0 Å². The van der Waals surface area contributed by atoms with E-state index >= 15 is 0 Å². The molecule has 0 aliphatic rings. The Morgan fingerprint density at radius 1 is 1.30 bits per heavy atom. The number of unbranched alkanes of at least 4 members (excludes halogenated alkanes) is 2. The van der Waals surface area contributed by atoms with Crippen molar-refractivity contribution in [3.63, 3.8) is 0 Å². The Morgan fingerprint density at radius 3 is 2.10 bits per heavy atom. The third-order valence-electron chi connectivity index (χ3n) is 1.05. The first-order chi connectivity index (χ1) is 4.06. The van der Waals surface area contributed by atoms with E-state index in [0.29, 0.717) is 6.42 Å². The zero-order valence-corrected chi connectivity index (χ0v) is 10.2. The molecule has 0 aromatic carbocycles. The fourth-order valence-electron chi connectivity index (χ4n) is 0.568. The molecule has 0 spiro atoms. The zero-order chi connectivity index (χ0) is 7.33. The van der Waals surface area contributed by atoms with Gasteiger partial charge in [0.15, 0.2) is 0 Å². The fraction of sp³-hybridized carbons (Fsp3) is 1.00. The Morgan fingerprint density at radius 2 is 1.80 bits per heavy atom. The third kappa shape index (κ3) is 12.2. The summed E-state index contributed by atoms with van der Waals surface area (Å²) in [5, 5.41) is 0. The second kappa shape index (κ2) is 7.17. The second-order valence-corrected chi connectivity index (χ2v) is 3.87. The number of hydrogen-bond acceptors (Lipinski definition) is 1. The van der Waals surface area contributed by atoms with Crippen molar-refractivity contribution in [3.05, 3.63) is 0 Å². The first-order valence-corrected chi connectivity index (χ1v) is 4.90. The molecule has 10 heavy (non-hydrogen) atoms. The minimum atomic E-state index is -3.70. The standard InChI is InChI=1S/C5H13O3P.Nd/c1-2-3-4-5-9(6,7)8;/h2-5H2,1H3,(H2,6,7,8);. The molecule has 0 saturated heterocycles. The van der Waals surface area contributed by atoms with Crippen molar-refractivity contribution in [2.45, 2.75) is 26.2 Å². The predicted molar refractivity (Wildman–Crippen MR) is 36.4 cm³/mol. The van der Waals surface area contributed by atoms with Crippen LogP contribution >= 0.6 is 7.60 Å². The van der Waals surface area contributed by atoms with Crippen molar-refractivity contribution >= 4 is 7.60 Å². The number of hydrogen-bond donors (Lipinski definition) is 2. The summed E-state index contributed by atoms with van der Waals surface area (Å²) in [7, 11) is -3.70. The van der Waals surface area contributed by atoms with Gasteiger partial charge in [0.1, 0.15) is 0 Å². The summed E-state index contributed by atoms with van der Waals surface area (Å²) < 4.78 is 10.2. The summed E-state index contributed by atoms with van der Waals surface area (Å²) in [6.45, 7) is 2.00. The van der Waals surface area contributed by atoms with Crippen LogP contribution in [0.3, 0.4) is 0 Å². The van der Waals surface area contributed by atoms with Crippen LogP contribution in [0.15, 0.2) is 0 Å². The van der Waals surface area contributed by atoms with E-state index in [2.05, 4.69) is 0 Å². The van der Waals surface area contributed by atoms with Crippen molar-refractivity contribution in [3.8, 4) is 0 Å². The molecule has 0 radical (unpaired) electrons. The van der Waals surface area contributed by atoms with Gasteiger partial charge in [0, 0.05) is 47.0 Å². The molecular weight excluding hydrogens is 283 g/mol. The molecule has 0 amide bonds. The Kier molecular flexibility index (Phi) is 10.1. The first-order valence-electron chi connectivity index (χ1n) is 3.11. The number of rotatable bonds is 4. The van der Waals surface area contributed by atoms with Crippen molar-refractivity contribution in [1.82, 2.24) is 0 Å². The summed E-state index contributed by atoms with van der Waals surface area (Å²) in [6, 6.07) is 0. The first kappa shape index (κ1) is 14.0. The van der Waals surface area contributed by atoms with Gasteiger partial charge in [0.2, 0.25) is 0 Å². The summed E-state index contributed by atoms with van der Waals surface area (Å²) in [6.07, 6.45) is 2.59. The van der Waals surface area contributed by atoms with Gasteiger partial charge in [-0.3, -0.25) is 4.57 Å². The van der Waals surface area contributed by atoms with E-state index in [0.717, 1.165) is 12.8 Å². The largest absolute Gasteiger partial charge is 0.325 e. The van der Waals surface area contributed by atoms with Gasteiger partial charge in [-0.05, 0) is 6.42 Å². The zero-order valence-electron chi connectivity index (χ0n) is 6.08. The van der Waals surface area contributed by atoms with E-state index in [4.69, 9.17) is 9.79 Å². The van der Waals surface area contributed by atoms with E-state index in [9.17, 15) is 4.57 Å². The van der Waals surface area contributed by atoms with Crippen LogP contribution in [0, 0.1) is 40.8 Å². The van der Waals surface area contributed by atoms with Gasteiger partial charge in [-0.15, -0.1) is 0 Å². The van der Waals surface area contributed by atoms with Crippen LogP contribution in [0.25, 0.3) is 0 Å². The fourth-order valence-corrected chi connectivity index (χ4v) is 1.20. The molecule has 0 aliphatic heterocycles. The van der Waals surface area contributed by atoms with Gasteiger partial charge in [0.05, 0.1) is 0 Å². The maximum absolute atomic E-state index is 10.2. The van der Waals surface area contributed by atoms with E-state index in [1.54, 1.807) is 0 Å². The quantitative estimate of drug-likeness (QED) is 0.608. The van der Waals surface area contributed by atoms with E-state index < -0.39 is 7.60 Å². The molecule has 0 fully saturated rings. The van der Waals surface area contributed by atoms with Gasteiger partial charge in [-0.25, -0.2) is 0 Å². The Balaban J connectivity index is 0. The molecule has 0 bridgehead atoms. The van der Waals surface area contributed by atoms with Gasteiger partial charge in [-0.1, -0.05) is 19.8 Å². The SMILES string of the molecule is CCCCCP(=O)(O)O.[Nd]. The molecule has 0 atom stereocenters. The maximum atomic E-state index is 10.2. The predicted octanol–water partition coefficient (Wildman–Crippen LogP) is 1.35. The molecule has 0 heterocycles. The molecule has 2 N–H and O–H groups in total. The van der Waals surface area contributed by atoms with Crippen LogP contribution in [0.2, 0.25) is 0 Å². The molecule has 0 unspecified atom stereocenters. The van der Waals surface area contributed by atoms with Crippen LogP contribution in [0.4, 0.5) is 0 Å². The Labute approximate surface area is 94.3 Å². The maximum Gasteiger partial charge on any atom is 0.325 e. The second-order valence-electron chi connectivity index (χ2n) is 2.10. The summed E-state index contributed by atoms with van der Waals surface area (Å²) in [4.78, 5) is 16.7. The van der Waals surface area contributed by atoms with Crippen LogP contribution in [-0.4, -0.2) is 15.9 Å². The molecule has 0 aromatic rings. The Bertz CT molecular complexity index is 111. The van der Waals surface area contributed by atoms with Crippen molar-refractivity contribution < 1.29 is 55.2 Å². The molecule has 60 valence electrons. The van der Waals surface area contributed by atoms with Crippen molar-refractivity contribution in [1.29, 1.82) is 0 Å². The average Bonchev–Trinajstić information content (AvgIpc) is 1.63. The monoisotopic (exact) mass is 294 g/mol. The minimum absolute atomic E-state index is 0. The molecule has 0 aromatic heterocycles. The topological polar surface area (TPSA) is 57.5 Å². The van der Waals surface area contributed by atoms with Gasteiger partial charge >= 0.3 is 7.60 Å². The molecule has 0 rings (SSSR count). The normalized spacial score (nSPS) is 10.7. The van der Waals surface area contributed by atoms with Crippen LogP contribution in [0.1, 0.15) is 26.2 Å². The van der Waals surface area contributed by atoms with E-state index in [1.165, 1.54) is 0 Å². The average molecular weight is 296 g/mol. The Hall–Kier alpha value is 1.50. The third-order valence-corrected chi connectivity index (χ3v) is 1.95. The van der Waals surface area contributed by atoms with Crippen molar-refractivity contribution in [2.24, 2.45) is 0 Å². The molecule has 3 nitrogen and oxygen atoms in total. The summed E-state index contributed by atoms with van der Waals surface area (Å²) >= 11 is 0. The summed E-state index contributed by atoms with van der Waals surface area (Å²) in [5.41, 5.74) is 0. The van der Waals surface area contributed by atoms with Crippen LogP contribution in [0.5, 0.6) is 0 Å². The smallest absolute Gasteiger partial charge is 0.324 e. The van der Waals surface area contributed by atoms with E-state index in [1.807, 2.05) is 6.92 Å². The summed E-state index contributed by atoms with van der Waals surface area (Å²) in [5.74, 6) is 0. The molecule has 0 aliphatic carbocycles. The van der Waals surface area contributed by atoms with Crippen LogP contribution < -0.4 is 0 Å². The molecular formula is C5H13NdO3P. The minimum Gasteiger partial charge on any atom is -0.324 e. The van der Waals surface area contributed by atoms with Crippen LogP contribution in [-0.2, 0) is 4.57 Å². The van der Waals surface area contributed by atoms with Gasteiger partial charge in [-0.2, -0.15) is 0 Å². The molecule has 5 heteroatoms. The van der Waals surface area contributed by atoms with Gasteiger partial charge < -0.3 is 9.79 Å². The molecule has 0 saturated carbocycles. The van der Waals surface area contributed by atoms with Crippen molar-refractivity contribution in [2.75, 3.05) is 6.16 Å².